The summed E-state index contributed by atoms with van der Waals surface area (Å²) in [6.07, 6.45) is -0.0534. The highest BCUT2D eigenvalue weighted by atomic mass is 79.9. The molecule has 0 radical (unpaired) electrons. The minimum atomic E-state index is -1.41. The molecule has 0 spiro atoms. The molecule has 0 saturated carbocycles. The van der Waals surface area contributed by atoms with Gasteiger partial charge in [0.15, 0.2) is 11.6 Å². The van der Waals surface area contributed by atoms with E-state index >= 15 is 0 Å². The van der Waals surface area contributed by atoms with Gasteiger partial charge in [-0.05, 0) is 59.5 Å². The Kier molecular flexibility index (Phi) is 10.5. The summed E-state index contributed by atoms with van der Waals surface area (Å²) in [5.41, 5.74) is 12.8. The number of benzene rings is 4. The van der Waals surface area contributed by atoms with Crippen LogP contribution < -0.4 is 10.1 Å². The summed E-state index contributed by atoms with van der Waals surface area (Å²) in [6.45, 7) is 2.93. The fourth-order valence-corrected chi connectivity index (χ4v) is 5.88. The summed E-state index contributed by atoms with van der Waals surface area (Å²) in [7, 11) is 0. The topological polar surface area (TPSA) is 129 Å². The number of rotatable bonds is 13. The molecule has 5 rings (SSSR count). The monoisotopic (exact) mass is 667 g/mol. The molecule has 230 valence electrons. The van der Waals surface area contributed by atoms with Crippen LogP contribution in [-0.4, -0.2) is 35.7 Å². The molecule has 2 atom stereocenters. The lowest BCUT2D eigenvalue weighted by molar-refractivity contribution is -0.129. The molecule has 0 unspecified atom stereocenters. The predicted octanol–water partition coefficient (Wildman–Crippen LogP) is 7.15. The van der Waals surface area contributed by atoms with Crippen molar-refractivity contribution in [3.8, 4) is 5.75 Å². The predicted molar refractivity (Wildman–Crippen MR) is 177 cm³/mol. The maximum absolute atomic E-state index is 14.6. The third kappa shape index (κ3) is 7.54. The zero-order chi connectivity index (χ0) is 31.6. The van der Waals surface area contributed by atoms with Gasteiger partial charge in [0, 0.05) is 46.5 Å². The van der Waals surface area contributed by atoms with E-state index in [0.29, 0.717) is 36.8 Å². The van der Waals surface area contributed by atoms with Crippen molar-refractivity contribution in [3.05, 3.63) is 145 Å². The molecule has 1 aliphatic rings. The van der Waals surface area contributed by atoms with E-state index in [9.17, 15) is 4.79 Å². The van der Waals surface area contributed by atoms with Crippen molar-refractivity contribution in [2.24, 2.45) is 10.1 Å². The molecule has 2 N–H and O–H groups in total. The third-order valence-corrected chi connectivity index (χ3v) is 8.36. The second kappa shape index (κ2) is 14.9. The molecule has 0 aliphatic carbocycles. The molecule has 1 amide bonds. The third-order valence-electron chi connectivity index (χ3n) is 7.64. The molecule has 4 aromatic carbocycles. The molecule has 45 heavy (non-hydrogen) atoms. The number of ether oxygens (including phenoxy) is 2. The zero-order valence-electron chi connectivity index (χ0n) is 24.9. The molecule has 1 heterocycles. The van der Waals surface area contributed by atoms with Crippen LogP contribution in [0.2, 0.25) is 0 Å². The van der Waals surface area contributed by atoms with Gasteiger partial charge in [-0.2, -0.15) is 0 Å². The van der Waals surface area contributed by atoms with Crippen LogP contribution >= 0.6 is 15.9 Å². The number of aryl methyl sites for hydroxylation is 1. The summed E-state index contributed by atoms with van der Waals surface area (Å²) in [5, 5.41) is 16.0. The van der Waals surface area contributed by atoms with E-state index in [2.05, 4.69) is 31.3 Å². The van der Waals surface area contributed by atoms with E-state index in [-0.39, 0.29) is 25.5 Å². The summed E-state index contributed by atoms with van der Waals surface area (Å²) in [4.78, 5) is 22.7. The number of aliphatic imine (C=N–C) groups is 1. The maximum atomic E-state index is 14.6. The average molecular weight is 669 g/mol. The summed E-state index contributed by atoms with van der Waals surface area (Å²) in [6, 6.07) is 30.6. The molecule has 10 heteroatoms. The first-order chi connectivity index (χ1) is 21.9. The van der Waals surface area contributed by atoms with Crippen LogP contribution in [0.1, 0.15) is 45.9 Å². The summed E-state index contributed by atoms with van der Waals surface area (Å²) >= 11 is 3.69. The molecule has 9 nitrogen and oxygen atoms in total. The van der Waals surface area contributed by atoms with E-state index in [1.807, 2.05) is 104 Å². The Bertz CT molecular complexity index is 1720. The second-order valence-corrected chi connectivity index (χ2v) is 11.7. The van der Waals surface area contributed by atoms with E-state index in [1.54, 1.807) is 0 Å². The SMILES string of the molecule is Cc1cccc(CNC(=O)[C@]2(Cc3ccccc3CN=[N+]=[N-])N=C(c3ccc(OCCCO)cc3)O[C@@H]2c2ccccc2Br)c1. The molecule has 4 aromatic rings. The number of hydrogen-bond donors (Lipinski definition) is 2. The van der Waals surface area contributed by atoms with Gasteiger partial charge >= 0.3 is 0 Å². The normalized spacial score (nSPS) is 17.1. The lowest BCUT2D eigenvalue weighted by Gasteiger charge is -2.32. The minimum Gasteiger partial charge on any atom is -0.494 e. The Labute approximate surface area is 270 Å². The number of amides is 1. The highest BCUT2D eigenvalue weighted by Gasteiger charge is 2.54. The molecule has 1 aliphatic heterocycles. The van der Waals surface area contributed by atoms with Gasteiger partial charge in [-0.15, -0.1) is 0 Å². The van der Waals surface area contributed by atoms with Gasteiger partial charge in [0.2, 0.25) is 5.90 Å². The zero-order valence-corrected chi connectivity index (χ0v) is 26.5. The van der Waals surface area contributed by atoms with E-state index in [4.69, 9.17) is 25.1 Å². The van der Waals surface area contributed by atoms with Crippen molar-refractivity contribution in [1.29, 1.82) is 0 Å². The van der Waals surface area contributed by atoms with Crippen LogP contribution in [0.25, 0.3) is 10.4 Å². The van der Waals surface area contributed by atoms with Gasteiger partial charge in [0.25, 0.3) is 5.91 Å². The van der Waals surface area contributed by atoms with E-state index < -0.39 is 11.6 Å². The van der Waals surface area contributed by atoms with Crippen molar-refractivity contribution >= 4 is 27.7 Å². The van der Waals surface area contributed by atoms with Crippen LogP contribution in [-0.2, 0) is 29.0 Å². The molecule has 0 bridgehead atoms. The van der Waals surface area contributed by atoms with Crippen molar-refractivity contribution in [3.63, 3.8) is 0 Å². The molecular weight excluding hydrogens is 634 g/mol. The number of carbonyl (C=O) groups is 1. The van der Waals surface area contributed by atoms with Gasteiger partial charge in [0.05, 0.1) is 13.2 Å². The Morgan fingerprint density at radius 2 is 1.82 bits per heavy atom. The van der Waals surface area contributed by atoms with Gasteiger partial charge in [-0.25, -0.2) is 4.99 Å². The number of aliphatic hydroxyl groups excluding tert-OH is 1. The van der Waals surface area contributed by atoms with Gasteiger partial charge in [0.1, 0.15) is 5.75 Å². The number of halogens is 1. The first kappa shape index (κ1) is 31.8. The highest BCUT2D eigenvalue weighted by Crippen LogP contribution is 2.45. The van der Waals surface area contributed by atoms with Gasteiger partial charge < -0.3 is 19.9 Å². The van der Waals surface area contributed by atoms with Crippen molar-refractivity contribution in [1.82, 2.24) is 5.32 Å². The first-order valence-corrected chi connectivity index (χ1v) is 15.5. The van der Waals surface area contributed by atoms with Crippen LogP contribution in [0.3, 0.4) is 0 Å². The van der Waals surface area contributed by atoms with Crippen molar-refractivity contribution in [2.45, 2.75) is 44.5 Å². The van der Waals surface area contributed by atoms with Gasteiger partial charge in [-0.3, -0.25) is 4.79 Å². The van der Waals surface area contributed by atoms with Crippen LogP contribution in [0, 0.1) is 6.92 Å². The number of hydrogen-bond acceptors (Lipinski definition) is 6. The number of aliphatic hydroxyl groups is 1. The lowest BCUT2D eigenvalue weighted by Crippen LogP contribution is -2.50. The second-order valence-electron chi connectivity index (χ2n) is 10.8. The maximum Gasteiger partial charge on any atom is 0.252 e. The Balaban J connectivity index is 1.60. The Morgan fingerprint density at radius 1 is 1.07 bits per heavy atom. The fraction of sp³-hybridized carbons (Fsp3) is 0.257. The summed E-state index contributed by atoms with van der Waals surface area (Å²) < 4.78 is 13.2. The van der Waals surface area contributed by atoms with Crippen LogP contribution in [0.5, 0.6) is 5.75 Å². The molecule has 0 aromatic heterocycles. The Morgan fingerprint density at radius 3 is 2.56 bits per heavy atom. The number of nitrogens with zero attached hydrogens (tertiary/aromatic N) is 4. The van der Waals surface area contributed by atoms with E-state index in [1.165, 1.54) is 0 Å². The number of azide groups is 1. The van der Waals surface area contributed by atoms with E-state index in [0.717, 1.165) is 32.3 Å². The quantitative estimate of drug-likeness (QED) is 0.0679. The number of nitrogens with one attached hydrogen (secondary N) is 1. The standard InChI is InChI=1S/C35H34BrN5O4/c1-24-8-6-9-25(20-24)22-38-34(43)35(21-27-10-2-3-11-28(27)23-39-41-37)32(30-12-4-5-13-31(30)36)45-33(40-35)26-14-16-29(17-15-26)44-19-7-18-42/h2-6,8-17,20,32,42H,7,18-19,21-23H2,1H3,(H,38,43)/t32-,35-/m1/s1. The first-order valence-electron chi connectivity index (χ1n) is 14.7. The van der Waals surface area contributed by atoms with Crippen molar-refractivity contribution < 1.29 is 19.4 Å². The average Bonchev–Trinajstić information content (AvgIpc) is 3.44. The van der Waals surface area contributed by atoms with Crippen LogP contribution in [0.15, 0.2) is 112 Å². The molecule has 0 saturated heterocycles. The largest absolute Gasteiger partial charge is 0.494 e. The van der Waals surface area contributed by atoms with Gasteiger partial charge in [-0.1, -0.05) is 93.3 Å². The fourth-order valence-electron chi connectivity index (χ4n) is 5.39. The molecule has 0 fully saturated rings. The summed E-state index contributed by atoms with van der Waals surface area (Å²) in [5.74, 6) is 0.695. The molecular formula is C35H34BrN5O4. The van der Waals surface area contributed by atoms with Crippen LogP contribution in [0.4, 0.5) is 0 Å². The lowest BCUT2D eigenvalue weighted by atomic mass is 9.81. The minimum absolute atomic E-state index is 0.0547. The smallest absolute Gasteiger partial charge is 0.252 e. The Hall–Kier alpha value is -4.63. The highest BCUT2D eigenvalue weighted by molar-refractivity contribution is 9.10. The number of carbonyl (C=O) groups excluding carboxylic acids is 1. The van der Waals surface area contributed by atoms with Crippen molar-refractivity contribution in [2.75, 3.05) is 13.2 Å².